The van der Waals surface area contributed by atoms with Crippen LogP contribution in [0.1, 0.15) is 38.5 Å². The van der Waals surface area contributed by atoms with Crippen LogP contribution < -0.4 is 5.32 Å². The molecule has 1 saturated heterocycles. The second-order valence-corrected chi connectivity index (χ2v) is 5.18. The van der Waals surface area contributed by atoms with E-state index in [1.165, 1.54) is 39.2 Å². The van der Waals surface area contributed by atoms with E-state index in [-0.39, 0.29) is 11.9 Å². The Bertz CT molecular complexity index is 236. The Kier molecular flexibility index (Phi) is 4.22. The van der Waals surface area contributed by atoms with Crippen molar-refractivity contribution in [3.8, 4) is 0 Å². The first kappa shape index (κ1) is 11.9. The molecular weight excluding hydrogens is 202 g/mol. The van der Waals surface area contributed by atoms with Gasteiger partial charge in [-0.3, -0.25) is 4.79 Å². The topological polar surface area (TPSA) is 38.3 Å². The highest BCUT2D eigenvalue weighted by molar-refractivity contribution is 5.72. The maximum atomic E-state index is 11.8. The van der Waals surface area contributed by atoms with Crippen LogP contribution in [-0.2, 0) is 9.53 Å². The third kappa shape index (κ3) is 2.57. The lowest BCUT2D eigenvalue weighted by atomic mass is 9.72. The number of hydrogen-bond acceptors (Lipinski definition) is 3. The average Bonchev–Trinajstić information content (AvgIpc) is 2.39. The first-order valence-electron chi connectivity index (χ1n) is 6.61. The predicted molar refractivity (Wildman–Crippen MR) is 63.1 cm³/mol. The molecule has 0 radical (unpaired) electrons. The van der Waals surface area contributed by atoms with Crippen molar-refractivity contribution in [2.24, 2.45) is 17.8 Å². The van der Waals surface area contributed by atoms with Crippen molar-refractivity contribution in [2.75, 3.05) is 20.2 Å². The van der Waals surface area contributed by atoms with E-state index in [1.807, 2.05) is 0 Å². The molecule has 2 atom stereocenters. The fourth-order valence-electron chi connectivity index (χ4n) is 3.38. The molecule has 1 heterocycles. The van der Waals surface area contributed by atoms with E-state index >= 15 is 0 Å². The third-order valence-corrected chi connectivity index (χ3v) is 4.29. The van der Waals surface area contributed by atoms with Crippen LogP contribution in [0.15, 0.2) is 0 Å². The van der Waals surface area contributed by atoms with Gasteiger partial charge in [-0.25, -0.2) is 0 Å². The summed E-state index contributed by atoms with van der Waals surface area (Å²) in [7, 11) is 1.52. The lowest BCUT2D eigenvalue weighted by Crippen LogP contribution is -2.44. The number of methoxy groups -OCH3 is 1. The van der Waals surface area contributed by atoms with Crippen LogP contribution in [0.2, 0.25) is 0 Å². The molecule has 2 unspecified atom stereocenters. The summed E-state index contributed by atoms with van der Waals surface area (Å²) in [5.41, 5.74) is 0. The zero-order chi connectivity index (χ0) is 11.4. The van der Waals surface area contributed by atoms with Crippen LogP contribution >= 0.6 is 0 Å². The number of hydrogen-bond donors (Lipinski definition) is 1. The molecule has 0 aromatic rings. The van der Waals surface area contributed by atoms with Crippen LogP contribution in [0.3, 0.4) is 0 Å². The summed E-state index contributed by atoms with van der Waals surface area (Å²) in [6, 6.07) is 0. The Morgan fingerprint density at radius 2 is 1.94 bits per heavy atom. The molecule has 1 N–H and O–H groups in total. The maximum absolute atomic E-state index is 11.8. The van der Waals surface area contributed by atoms with Gasteiger partial charge < -0.3 is 10.1 Å². The number of nitrogens with one attached hydrogen (secondary N) is 1. The van der Waals surface area contributed by atoms with Crippen molar-refractivity contribution >= 4 is 5.97 Å². The highest BCUT2D eigenvalue weighted by Crippen LogP contribution is 2.36. The molecule has 0 amide bonds. The molecule has 2 rings (SSSR count). The summed E-state index contributed by atoms with van der Waals surface area (Å²) in [6.07, 6.45) is 7.62. The highest BCUT2D eigenvalue weighted by atomic mass is 16.5. The Balaban J connectivity index is 2.00. The summed E-state index contributed by atoms with van der Waals surface area (Å²) < 4.78 is 4.94. The van der Waals surface area contributed by atoms with Crippen molar-refractivity contribution < 1.29 is 9.53 Å². The Hall–Kier alpha value is -0.570. The maximum Gasteiger partial charge on any atom is 0.309 e. The summed E-state index contributed by atoms with van der Waals surface area (Å²) in [4.78, 5) is 11.8. The summed E-state index contributed by atoms with van der Waals surface area (Å²) in [6.45, 7) is 1.97. The van der Waals surface area contributed by atoms with E-state index in [1.54, 1.807) is 0 Å². The van der Waals surface area contributed by atoms with Gasteiger partial charge in [-0.1, -0.05) is 32.1 Å². The number of carbonyl (C=O) groups is 1. The minimum Gasteiger partial charge on any atom is -0.469 e. The van der Waals surface area contributed by atoms with Gasteiger partial charge in [0.1, 0.15) is 0 Å². The van der Waals surface area contributed by atoms with E-state index in [0.29, 0.717) is 5.92 Å². The first-order valence-corrected chi connectivity index (χ1v) is 6.61. The molecule has 1 aliphatic heterocycles. The van der Waals surface area contributed by atoms with Gasteiger partial charge in [-0.05, 0) is 31.3 Å². The van der Waals surface area contributed by atoms with Gasteiger partial charge in [-0.15, -0.1) is 0 Å². The van der Waals surface area contributed by atoms with Crippen molar-refractivity contribution in [1.82, 2.24) is 5.32 Å². The van der Waals surface area contributed by atoms with Gasteiger partial charge in [0.2, 0.25) is 0 Å². The van der Waals surface area contributed by atoms with Crippen molar-refractivity contribution in [3.05, 3.63) is 0 Å². The minimum atomic E-state index is 0.0112. The number of ether oxygens (including phenoxy) is 1. The zero-order valence-electron chi connectivity index (χ0n) is 10.2. The van der Waals surface area contributed by atoms with E-state index < -0.39 is 0 Å². The Morgan fingerprint density at radius 1 is 1.19 bits per heavy atom. The van der Waals surface area contributed by atoms with Crippen molar-refractivity contribution in [3.63, 3.8) is 0 Å². The minimum absolute atomic E-state index is 0.0112. The number of esters is 1. The first-order chi connectivity index (χ1) is 7.83. The fourth-order valence-corrected chi connectivity index (χ4v) is 3.38. The summed E-state index contributed by atoms with van der Waals surface area (Å²) in [5.74, 6) is 1.42. The average molecular weight is 225 g/mol. The largest absolute Gasteiger partial charge is 0.469 e. The normalized spacial score (nSPS) is 32.3. The van der Waals surface area contributed by atoms with E-state index in [0.717, 1.165) is 25.4 Å². The van der Waals surface area contributed by atoms with Crippen LogP contribution in [0.25, 0.3) is 0 Å². The molecular formula is C13H23NO2. The van der Waals surface area contributed by atoms with Gasteiger partial charge in [0.05, 0.1) is 13.0 Å². The highest BCUT2D eigenvalue weighted by Gasteiger charge is 2.36. The molecule has 3 heteroatoms. The monoisotopic (exact) mass is 225 g/mol. The molecule has 0 spiro atoms. The van der Waals surface area contributed by atoms with Crippen LogP contribution in [0.5, 0.6) is 0 Å². The van der Waals surface area contributed by atoms with Crippen molar-refractivity contribution in [2.45, 2.75) is 38.5 Å². The predicted octanol–water partition coefficient (Wildman–Crippen LogP) is 1.97. The Labute approximate surface area is 97.9 Å². The molecule has 0 aromatic heterocycles. The quantitative estimate of drug-likeness (QED) is 0.730. The lowest BCUT2D eigenvalue weighted by molar-refractivity contribution is -0.149. The molecule has 2 aliphatic rings. The number of carbonyl (C=O) groups excluding carboxylic acids is 1. The fraction of sp³-hybridized carbons (Fsp3) is 0.923. The van der Waals surface area contributed by atoms with Gasteiger partial charge in [0.25, 0.3) is 0 Å². The molecule has 0 bridgehead atoms. The SMILES string of the molecule is COC(=O)C1CCNCC1C1CCCCC1. The lowest BCUT2D eigenvalue weighted by Gasteiger charge is -2.37. The van der Waals surface area contributed by atoms with Gasteiger partial charge in [0, 0.05) is 0 Å². The van der Waals surface area contributed by atoms with E-state index in [2.05, 4.69) is 5.32 Å². The van der Waals surface area contributed by atoms with Crippen LogP contribution in [0, 0.1) is 17.8 Å². The van der Waals surface area contributed by atoms with Crippen LogP contribution in [-0.4, -0.2) is 26.2 Å². The molecule has 0 aromatic carbocycles. The zero-order valence-corrected chi connectivity index (χ0v) is 10.2. The molecule has 1 saturated carbocycles. The standard InChI is InChI=1S/C13H23NO2/c1-16-13(15)11-7-8-14-9-12(11)10-5-3-2-4-6-10/h10-12,14H,2-9H2,1H3. The van der Waals surface area contributed by atoms with Gasteiger partial charge in [-0.2, -0.15) is 0 Å². The van der Waals surface area contributed by atoms with E-state index in [9.17, 15) is 4.79 Å². The molecule has 92 valence electrons. The van der Waals surface area contributed by atoms with Gasteiger partial charge in [0.15, 0.2) is 0 Å². The smallest absolute Gasteiger partial charge is 0.309 e. The summed E-state index contributed by atoms with van der Waals surface area (Å²) >= 11 is 0. The summed E-state index contributed by atoms with van der Waals surface area (Å²) in [5, 5.41) is 3.43. The van der Waals surface area contributed by atoms with E-state index in [4.69, 9.17) is 4.74 Å². The third-order valence-electron chi connectivity index (χ3n) is 4.29. The Morgan fingerprint density at radius 3 is 2.62 bits per heavy atom. The molecule has 2 fully saturated rings. The number of piperidine rings is 1. The molecule has 3 nitrogen and oxygen atoms in total. The van der Waals surface area contributed by atoms with Gasteiger partial charge >= 0.3 is 5.97 Å². The van der Waals surface area contributed by atoms with Crippen LogP contribution in [0.4, 0.5) is 0 Å². The van der Waals surface area contributed by atoms with Crippen molar-refractivity contribution in [1.29, 1.82) is 0 Å². The second-order valence-electron chi connectivity index (χ2n) is 5.18. The molecule has 16 heavy (non-hydrogen) atoms. The molecule has 1 aliphatic carbocycles. The number of rotatable bonds is 2. The second kappa shape index (κ2) is 5.67.